The third kappa shape index (κ3) is 5.69. The van der Waals surface area contributed by atoms with E-state index >= 15 is 0 Å². The molecular weight excluding hydrogens is 308 g/mol. The summed E-state index contributed by atoms with van der Waals surface area (Å²) >= 11 is 0. The van der Waals surface area contributed by atoms with Gasteiger partial charge in [-0.15, -0.1) is 0 Å². The van der Waals surface area contributed by atoms with E-state index in [2.05, 4.69) is 24.5 Å². The van der Waals surface area contributed by atoms with E-state index in [1.54, 1.807) is 0 Å². The number of amides is 1. The molecule has 1 aliphatic carbocycles. The summed E-state index contributed by atoms with van der Waals surface area (Å²) in [4.78, 5) is 23.2. The van der Waals surface area contributed by atoms with Gasteiger partial charge in [0.15, 0.2) is 5.96 Å². The monoisotopic (exact) mass is 340 g/mol. The molecule has 0 aromatic carbocycles. The first-order valence-corrected chi connectivity index (χ1v) is 8.90. The molecule has 1 unspecified atom stereocenters. The molecule has 0 saturated heterocycles. The summed E-state index contributed by atoms with van der Waals surface area (Å²) in [5.41, 5.74) is 5.49. The maximum atomic E-state index is 11.8. The molecule has 1 saturated carbocycles. The summed E-state index contributed by atoms with van der Waals surface area (Å²) in [6, 6.07) is -0.291. The molecule has 7 heteroatoms. The first-order valence-electron chi connectivity index (χ1n) is 8.90. The van der Waals surface area contributed by atoms with Gasteiger partial charge < -0.3 is 21.5 Å². The Morgan fingerprint density at radius 1 is 1.25 bits per heavy atom. The van der Waals surface area contributed by atoms with Crippen molar-refractivity contribution in [3.05, 3.63) is 0 Å². The van der Waals surface area contributed by atoms with Crippen LogP contribution in [-0.2, 0) is 9.59 Å². The number of carboxylic acids is 1. The van der Waals surface area contributed by atoms with E-state index in [1.807, 2.05) is 0 Å². The molecule has 0 radical (unpaired) electrons. The molecule has 6 N–H and O–H groups in total. The van der Waals surface area contributed by atoms with Gasteiger partial charge in [-0.1, -0.05) is 26.7 Å². The van der Waals surface area contributed by atoms with Crippen LogP contribution in [0.2, 0.25) is 0 Å². The molecule has 1 aliphatic rings. The normalized spacial score (nSPS) is 24.6. The SMILES string of the molecule is CCCC(CCC)C(NC(C)=O)[C@@H]1C[C@@H](C(=O)O)C[C@H]1NC(=N)N. The third-order valence-electron chi connectivity index (χ3n) is 4.96. The smallest absolute Gasteiger partial charge is 0.306 e. The number of rotatable bonds is 9. The Balaban J connectivity index is 3.07. The van der Waals surface area contributed by atoms with Gasteiger partial charge in [0.1, 0.15) is 0 Å². The van der Waals surface area contributed by atoms with E-state index < -0.39 is 11.9 Å². The zero-order valence-corrected chi connectivity index (χ0v) is 15.0. The van der Waals surface area contributed by atoms with Crippen LogP contribution < -0.4 is 16.4 Å². The van der Waals surface area contributed by atoms with E-state index in [-0.39, 0.29) is 29.9 Å². The first-order chi connectivity index (χ1) is 11.3. The van der Waals surface area contributed by atoms with E-state index in [1.165, 1.54) is 6.92 Å². The summed E-state index contributed by atoms with van der Waals surface area (Å²) in [6.07, 6.45) is 4.93. The fraction of sp³-hybridized carbons (Fsp3) is 0.824. The second-order valence-electron chi connectivity index (χ2n) is 6.90. The van der Waals surface area contributed by atoms with Crippen molar-refractivity contribution in [1.29, 1.82) is 5.41 Å². The van der Waals surface area contributed by atoms with E-state index in [4.69, 9.17) is 11.1 Å². The summed E-state index contributed by atoms with van der Waals surface area (Å²) in [5, 5.41) is 22.9. The van der Waals surface area contributed by atoms with Crippen LogP contribution >= 0.6 is 0 Å². The third-order valence-corrected chi connectivity index (χ3v) is 4.96. The Bertz CT molecular complexity index is 449. The Morgan fingerprint density at radius 3 is 2.25 bits per heavy atom. The van der Waals surface area contributed by atoms with Gasteiger partial charge in [-0.3, -0.25) is 15.0 Å². The Hall–Kier alpha value is -1.79. The minimum atomic E-state index is -0.822. The number of hydrogen-bond acceptors (Lipinski definition) is 3. The number of nitrogens with two attached hydrogens (primary N) is 1. The number of carbonyl (C=O) groups excluding carboxylic acids is 1. The van der Waals surface area contributed by atoms with Crippen LogP contribution in [0.15, 0.2) is 0 Å². The topological polar surface area (TPSA) is 128 Å². The molecular formula is C17H32N4O3. The van der Waals surface area contributed by atoms with Crippen LogP contribution in [0.3, 0.4) is 0 Å². The highest BCUT2D eigenvalue weighted by atomic mass is 16.4. The van der Waals surface area contributed by atoms with Crippen molar-refractivity contribution in [3.8, 4) is 0 Å². The van der Waals surface area contributed by atoms with Crippen LogP contribution in [0.1, 0.15) is 59.3 Å². The average Bonchev–Trinajstić information content (AvgIpc) is 2.87. The predicted octanol–water partition coefficient (Wildman–Crippen LogP) is 1.67. The Labute approximate surface area is 144 Å². The van der Waals surface area contributed by atoms with Crippen molar-refractivity contribution >= 4 is 17.8 Å². The first kappa shape index (κ1) is 20.3. The molecule has 7 nitrogen and oxygen atoms in total. The van der Waals surface area contributed by atoms with Gasteiger partial charge in [0.05, 0.1) is 5.92 Å². The molecule has 1 fully saturated rings. The van der Waals surface area contributed by atoms with Gasteiger partial charge in [0, 0.05) is 24.9 Å². The maximum absolute atomic E-state index is 11.8. The van der Waals surface area contributed by atoms with Gasteiger partial charge in [-0.2, -0.15) is 0 Å². The lowest BCUT2D eigenvalue weighted by Crippen LogP contribution is -2.52. The minimum absolute atomic E-state index is 0.0398. The van der Waals surface area contributed by atoms with Gasteiger partial charge in [-0.05, 0) is 31.6 Å². The molecule has 0 heterocycles. The van der Waals surface area contributed by atoms with E-state index in [0.29, 0.717) is 18.8 Å². The van der Waals surface area contributed by atoms with Gasteiger partial charge in [-0.25, -0.2) is 0 Å². The van der Waals surface area contributed by atoms with Crippen molar-refractivity contribution < 1.29 is 14.7 Å². The second kappa shape index (κ2) is 9.49. The zero-order valence-electron chi connectivity index (χ0n) is 15.0. The molecule has 24 heavy (non-hydrogen) atoms. The molecule has 0 aromatic heterocycles. The molecule has 1 amide bonds. The van der Waals surface area contributed by atoms with Crippen molar-refractivity contribution in [3.63, 3.8) is 0 Å². The summed E-state index contributed by atoms with van der Waals surface area (Å²) in [7, 11) is 0. The van der Waals surface area contributed by atoms with Crippen LogP contribution in [0, 0.1) is 23.2 Å². The summed E-state index contributed by atoms with van der Waals surface area (Å²) in [6.45, 7) is 5.74. The molecule has 0 bridgehead atoms. The Kier molecular flexibility index (Phi) is 8.01. The minimum Gasteiger partial charge on any atom is -0.481 e. The molecule has 0 aromatic rings. The van der Waals surface area contributed by atoms with E-state index in [9.17, 15) is 14.7 Å². The van der Waals surface area contributed by atoms with Crippen LogP contribution in [-0.4, -0.2) is 35.0 Å². The predicted molar refractivity (Wildman–Crippen MR) is 93.6 cm³/mol. The quantitative estimate of drug-likeness (QED) is 0.322. The summed E-state index contributed by atoms with van der Waals surface area (Å²) in [5.74, 6) is -1.28. The highest BCUT2D eigenvalue weighted by Gasteiger charge is 2.44. The highest BCUT2D eigenvalue weighted by Crippen LogP contribution is 2.38. The standard InChI is InChI=1S/C17H32N4O3/c1-4-6-11(7-5-2)15(20-10(3)22)13-8-12(16(23)24)9-14(13)21-17(18)19/h11-15H,4-9H2,1-3H3,(H,20,22)(H,23,24)(H4,18,19,21)/t12-,13-,14-,15?/m1/s1. The van der Waals surface area contributed by atoms with Gasteiger partial charge >= 0.3 is 5.97 Å². The second-order valence-corrected chi connectivity index (χ2v) is 6.90. The van der Waals surface area contributed by atoms with Gasteiger partial charge in [0.2, 0.25) is 5.91 Å². The fourth-order valence-electron chi connectivity index (χ4n) is 4.09. The number of nitrogens with one attached hydrogen (secondary N) is 3. The average molecular weight is 340 g/mol. The molecule has 4 atom stereocenters. The van der Waals surface area contributed by atoms with Gasteiger partial charge in [0.25, 0.3) is 0 Å². The number of carboxylic acid groups (broad SMARTS) is 1. The van der Waals surface area contributed by atoms with Crippen molar-refractivity contribution in [2.75, 3.05) is 0 Å². The number of carbonyl (C=O) groups is 2. The van der Waals surface area contributed by atoms with Crippen LogP contribution in [0.25, 0.3) is 0 Å². The summed E-state index contributed by atoms with van der Waals surface area (Å²) < 4.78 is 0. The number of hydrogen-bond donors (Lipinski definition) is 5. The number of aliphatic carboxylic acids is 1. The Morgan fingerprint density at radius 2 is 1.83 bits per heavy atom. The molecule has 138 valence electrons. The van der Waals surface area contributed by atoms with Crippen molar-refractivity contribution in [1.82, 2.24) is 10.6 Å². The lowest BCUT2D eigenvalue weighted by molar-refractivity contribution is -0.141. The zero-order chi connectivity index (χ0) is 18.3. The van der Waals surface area contributed by atoms with Crippen LogP contribution in [0.4, 0.5) is 0 Å². The largest absolute Gasteiger partial charge is 0.481 e. The molecule has 1 rings (SSSR count). The van der Waals surface area contributed by atoms with E-state index in [0.717, 1.165) is 25.7 Å². The van der Waals surface area contributed by atoms with Crippen molar-refractivity contribution in [2.24, 2.45) is 23.5 Å². The maximum Gasteiger partial charge on any atom is 0.306 e. The fourth-order valence-corrected chi connectivity index (χ4v) is 4.09. The number of guanidine groups is 1. The molecule has 0 aliphatic heterocycles. The van der Waals surface area contributed by atoms with Crippen molar-refractivity contribution in [2.45, 2.75) is 71.4 Å². The lowest BCUT2D eigenvalue weighted by atomic mass is 9.80. The lowest BCUT2D eigenvalue weighted by Gasteiger charge is -2.35. The van der Waals surface area contributed by atoms with Crippen LogP contribution in [0.5, 0.6) is 0 Å². The highest BCUT2D eigenvalue weighted by molar-refractivity contribution is 5.76. The molecule has 0 spiro atoms.